The molecule has 1 aliphatic heterocycles. The van der Waals surface area contributed by atoms with Crippen molar-refractivity contribution in [3.8, 4) is 0 Å². The van der Waals surface area contributed by atoms with Gasteiger partial charge in [0.05, 0.1) is 6.10 Å². The highest BCUT2D eigenvalue weighted by atomic mass is 32.1. The maximum atomic E-state index is 5.63. The summed E-state index contributed by atoms with van der Waals surface area (Å²) in [7, 11) is 0. The van der Waals surface area contributed by atoms with Gasteiger partial charge in [0, 0.05) is 32.0 Å². The van der Waals surface area contributed by atoms with E-state index in [4.69, 9.17) is 4.74 Å². The topological polar surface area (TPSA) is 47.0 Å². The lowest BCUT2D eigenvalue weighted by atomic mass is 10.1. The first-order chi connectivity index (χ1) is 8.90. The van der Waals surface area contributed by atoms with Gasteiger partial charge in [0.15, 0.2) is 0 Å². The molecule has 0 aromatic carbocycles. The quantitative estimate of drug-likeness (QED) is 0.820. The molecular weight excluding hydrogens is 246 g/mol. The zero-order valence-electron chi connectivity index (χ0n) is 10.7. The molecule has 0 amide bonds. The van der Waals surface area contributed by atoms with Crippen molar-refractivity contribution in [3.63, 3.8) is 0 Å². The molecule has 4 nitrogen and oxygen atoms in total. The number of hydrogen-bond donors (Lipinski definition) is 1. The molecular formula is C13H21N3OS. The zero-order chi connectivity index (χ0) is 12.2. The number of ether oxygens (including phenoxy) is 1. The van der Waals surface area contributed by atoms with E-state index in [2.05, 4.69) is 15.5 Å². The van der Waals surface area contributed by atoms with Gasteiger partial charge in [-0.15, -0.1) is 21.5 Å². The highest BCUT2D eigenvalue weighted by Crippen LogP contribution is 2.20. The fourth-order valence-electron chi connectivity index (χ4n) is 2.32. The third kappa shape index (κ3) is 3.73. The van der Waals surface area contributed by atoms with Crippen molar-refractivity contribution in [2.75, 3.05) is 13.2 Å². The minimum atomic E-state index is 0.467. The molecule has 1 saturated carbocycles. The van der Waals surface area contributed by atoms with Crippen LogP contribution in [-0.2, 0) is 17.6 Å². The van der Waals surface area contributed by atoms with E-state index in [0.29, 0.717) is 6.10 Å². The molecule has 1 aromatic heterocycles. The van der Waals surface area contributed by atoms with E-state index in [1.54, 1.807) is 11.3 Å². The summed E-state index contributed by atoms with van der Waals surface area (Å²) >= 11 is 1.77. The van der Waals surface area contributed by atoms with Crippen LogP contribution in [0.1, 0.15) is 42.1 Å². The van der Waals surface area contributed by atoms with E-state index in [0.717, 1.165) is 38.5 Å². The minimum Gasteiger partial charge on any atom is -0.378 e. The van der Waals surface area contributed by atoms with Crippen LogP contribution < -0.4 is 5.32 Å². The Hall–Kier alpha value is -0.520. The third-order valence-electron chi connectivity index (χ3n) is 3.56. The molecule has 100 valence electrons. The largest absolute Gasteiger partial charge is 0.378 e. The molecule has 0 spiro atoms. The molecule has 18 heavy (non-hydrogen) atoms. The van der Waals surface area contributed by atoms with E-state index in [9.17, 15) is 0 Å². The van der Waals surface area contributed by atoms with Gasteiger partial charge in [0.1, 0.15) is 10.0 Å². The molecule has 2 fully saturated rings. The first kappa shape index (κ1) is 12.5. The van der Waals surface area contributed by atoms with Gasteiger partial charge in [-0.1, -0.05) is 0 Å². The molecule has 1 aliphatic carbocycles. The van der Waals surface area contributed by atoms with Gasteiger partial charge in [-0.2, -0.15) is 0 Å². The van der Waals surface area contributed by atoms with Crippen molar-refractivity contribution in [1.82, 2.24) is 15.5 Å². The molecule has 1 unspecified atom stereocenters. The van der Waals surface area contributed by atoms with Gasteiger partial charge in [-0.25, -0.2) is 0 Å². The Morgan fingerprint density at radius 3 is 2.72 bits per heavy atom. The van der Waals surface area contributed by atoms with Crippen molar-refractivity contribution >= 4 is 11.3 Å². The van der Waals surface area contributed by atoms with Crippen molar-refractivity contribution < 1.29 is 4.74 Å². The molecule has 1 N–H and O–H groups in total. The van der Waals surface area contributed by atoms with Crippen LogP contribution in [0, 0.1) is 0 Å². The van der Waals surface area contributed by atoms with E-state index >= 15 is 0 Å². The SMILES string of the molecule is C1COC(CCc2nnc(CCNC3CC3)s2)C1. The standard InChI is InChI=1S/C13H21N3OS/c1-2-11(17-9-1)5-6-12-15-16-13(18-12)7-8-14-10-3-4-10/h10-11,14H,1-9H2. The lowest BCUT2D eigenvalue weighted by molar-refractivity contribution is 0.104. The summed E-state index contributed by atoms with van der Waals surface area (Å²) in [5, 5.41) is 14.4. The van der Waals surface area contributed by atoms with Crippen molar-refractivity contribution in [2.24, 2.45) is 0 Å². The van der Waals surface area contributed by atoms with Crippen LogP contribution in [0.4, 0.5) is 0 Å². The maximum absolute atomic E-state index is 5.63. The van der Waals surface area contributed by atoms with Crippen LogP contribution in [0.25, 0.3) is 0 Å². The van der Waals surface area contributed by atoms with Crippen LogP contribution in [0.15, 0.2) is 0 Å². The first-order valence-corrected chi connectivity index (χ1v) is 7.88. The lowest BCUT2D eigenvalue weighted by Crippen LogP contribution is -2.19. The summed E-state index contributed by atoms with van der Waals surface area (Å²) in [6.45, 7) is 1.99. The summed E-state index contributed by atoms with van der Waals surface area (Å²) in [6.07, 6.45) is 8.76. The third-order valence-corrected chi connectivity index (χ3v) is 4.60. The maximum Gasteiger partial charge on any atom is 0.118 e. The molecule has 3 rings (SSSR count). The Labute approximate surface area is 112 Å². The number of aromatic nitrogens is 2. The Morgan fingerprint density at radius 2 is 2.00 bits per heavy atom. The summed E-state index contributed by atoms with van der Waals surface area (Å²) in [5.74, 6) is 0. The van der Waals surface area contributed by atoms with E-state index < -0.39 is 0 Å². The Balaban J connectivity index is 1.37. The molecule has 0 radical (unpaired) electrons. The van der Waals surface area contributed by atoms with Crippen molar-refractivity contribution in [2.45, 2.75) is 57.1 Å². The smallest absolute Gasteiger partial charge is 0.118 e. The number of rotatable bonds is 7. The molecule has 2 heterocycles. The second kappa shape index (κ2) is 6.08. The molecule has 1 atom stereocenters. The van der Waals surface area contributed by atoms with Crippen LogP contribution in [0.3, 0.4) is 0 Å². The lowest BCUT2D eigenvalue weighted by Gasteiger charge is -2.06. The second-order valence-electron chi connectivity index (χ2n) is 5.24. The van der Waals surface area contributed by atoms with Crippen molar-refractivity contribution in [3.05, 3.63) is 10.0 Å². The van der Waals surface area contributed by atoms with Gasteiger partial charge in [-0.3, -0.25) is 0 Å². The summed E-state index contributed by atoms with van der Waals surface area (Å²) in [6, 6.07) is 0.789. The summed E-state index contributed by atoms with van der Waals surface area (Å²) < 4.78 is 5.63. The normalized spacial score (nSPS) is 23.7. The average molecular weight is 267 g/mol. The summed E-state index contributed by atoms with van der Waals surface area (Å²) in [5.41, 5.74) is 0. The minimum absolute atomic E-state index is 0.467. The Bertz CT molecular complexity index is 372. The van der Waals surface area contributed by atoms with E-state index in [-0.39, 0.29) is 0 Å². The van der Waals surface area contributed by atoms with Crippen LogP contribution in [0.2, 0.25) is 0 Å². The average Bonchev–Trinajstić information content (AvgIpc) is 2.90. The van der Waals surface area contributed by atoms with Crippen LogP contribution in [-0.4, -0.2) is 35.5 Å². The molecule has 0 bridgehead atoms. The predicted octanol–water partition coefficient (Wildman–Crippen LogP) is 1.94. The number of aryl methyl sites for hydroxylation is 1. The number of nitrogens with one attached hydrogen (secondary N) is 1. The number of nitrogens with zero attached hydrogens (tertiary/aromatic N) is 2. The molecule has 1 aromatic rings. The fraction of sp³-hybridized carbons (Fsp3) is 0.846. The molecule has 2 aliphatic rings. The molecule has 5 heteroatoms. The number of hydrogen-bond acceptors (Lipinski definition) is 5. The highest BCUT2D eigenvalue weighted by Gasteiger charge is 2.20. The van der Waals surface area contributed by atoms with Crippen LogP contribution in [0.5, 0.6) is 0 Å². The first-order valence-electron chi connectivity index (χ1n) is 7.06. The fourth-order valence-corrected chi connectivity index (χ4v) is 3.18. The van der Waals surface area contributed by atoms with Gasteiger partial charge in [0.25, 0.3) is 0 Å². The Kier molecular flexibility index (Phi) is 4.23. The highest BCUT2D eigenvalue weighted by molar-refractivity contribution is 7.11. The van der Waals surface area contributed by atoms with Gasteiger partial charge >= 0.3 is 0 Å². The van der Waals surface area contributed by atoms with Gasteiger partial charge in [-0.05, 0) is 32.1 Å². The summed E-state index contributed by atoms with van der Waals surface area (Å²) in [4.78, 5) is 0. The van der Waals surface area contributed by atoms with E-state index in [1.165, 1.54) is 35.7 Å². The van der Waals surface area contributed by atoms with Crippen LogP contribution >= 0.6 is 11.3 Å². The zero-order valence-corrected chi connectivity index (χ0v) is 11.5. The van der Waals surface area contributed by atoms with Crippen molar-refractivity contribution in [1.29, 1.82) is 0 Å². The predicted molar refractivity (Wildman–Crippen MR) is 71.9 cm³/mol. The Morgan fingerprint density at radius 1 is 1.17 bits per heavy atom. The van der Waals surface area contributed by atoms with Gasteiger partial charge < -0.3 is 10.1 Å². The van der Waals surface area contributed by atoms with E-state index in [1.807, 2.05) is 0 Å². The molecule has 1 saturated heterocycles. The second-order valence-corrected chi connectivity index (χ2v) is 6.39. The van der Waals surface area contributed by atoms with Gasteiger partial charge in [0.2, 0.25) is 0 Å². The monoisotopic (exact) mass is 267 g/mol.